The molecule has 0 bridgehead atoms. The van der Waals surface area contributed by atoms with Crippen LogP contribution in [0.4, 0.5) is 10.1 Å². The largest absolute Gasteiger partial charge is 0.379 e. The highest BCUT2D eigenvalue weighted by atomic mass is 31.0. The van der Waals surface area contributed by atoms with Gasteiger partial charge in [-0.3, -0.25) is 4.79 Å². The lowest BCUT2D eigenvalue weighted by molar-refractivity contribution is -0.126. The highest BCUT2D eigenvalue weighted by Gasteiger charge is 2.25. The molecule has 2 radical (unpaired) electrons. The van der Waals surface area contributed by atoms with Gasteiger partial charge in [-0.2, -0.15) is 0 Å². The third kappa shape index (κ3) is 7.30. The van der Waals surface area contributed by atoms with Crippen LogP contribution in [0.15, 0.2) is 31.1 Å². The van der Waals surface area contributed by atoms with Gasteiger partial charge in [-0.15, -0.1) is 9.24 Å². The molecule has 7 nitrogen and oxygen atoms in total. The van der Waals surface area contributed by atoms with E-state index in [1.54, 1.807) is 17.2 Å². The number of hydrogen-bond acceptors (Lipinski definition) is 5. The van der Waals surface area contributed by atoms with E-state index in [0.29, 0.717) is 31.1 Å². The molecule has 196 valence electrons. The summed E-state index contributed by atoms with van der Waals surface area (Å²) in [7, 11) is 7.92. The van der Waals surface area contributed by atoms with Crippen LogP contribution in [0, 0.1) is 0 Å². The molecule has 2 aromatic rings. The number of piperidine rings is 1. The third-order valence-electron chi connectivity index (χ3n) is 7.04. The number of fused-ring (bicyclic) bond motifs is 1. The zero-order chi connectivity index (χ0) is 26.3. The quantitative estimate of drug-likeness (QED) is 0.243. The molecule has 3 atom stereocenters. The molecule has 1 amide bonds. The average molecular weight is 514 g/mol. The van der Waals surface area contributed by atoms with E-state index in [4.69, 9.17) is 18.6 Å². The Morgan fingerprint density at radius 2 is 2.19 bits per heavy atom. The molecule has 3 unspecified atom stereocenters. The molecule has 0 saturated carbocycles. The Labute approximate surface area is 218 Å². The molecule has 1 fully saturated rings. The van der Waals surface area contributed by atoms with E-state index in [-0.39, 0.29) is 11.9 Å². The van der Waals surface area contributed by atoms with Crippen LogP contribution in [0.5, 0.6) is 0 Å². The third-order valence-corrected chi connectivity index (χ3v) is 7.37. The van der Waals surface area contributed by atoms with Crippen molar-refractivity contribution in [2.24, 2.45) is 5.73 Å². The van der Waals surface area contributed by atoms with Crippen molar-refractivity contribution in [1.29, 1.82) is 0 Å². The van der Waals surface area contributed by atoms with Gasteiger partial charge in [-0.1, -0.05) is 26.8 Å². The summed E-state index contributed by atoms with van der Waals surface area (Å²) in [5, 5.41) is 1.62. The van der Waals surface area contributed by atoms with Crippen LogP contribution in [0.2, 0.25) is 0 Å². The summed E-state index contributed by atoms with van der Waals surface area (Å²) < 4.78 is 16.8. The number of rotatable bonds is 13. The monoisotopic (exact) mass is 514 g/mol. The summed E-state index contributed by atoms with van der Waals surface area (Å²) in [5.41, 5.74) is 8.72. The summed E-state index contributed by atoms with van der Waals surface area (Å²) >= 11 is 0. The molecular formula is C26H41BFN6OP. The van der Waals surface area contributed by atoms with Gasteiger partial charge in [0.15, 0.2) is 5.65 Å². The van der Waals surface area contributed by atoms with Crippen molar-refractivity contribution in [3.8, 4) is 0 Å². The highest BCUT2D eigenvalue weighted by Crippen LogP contribution is 2.35. The van der Waals surface area contributed by atoms with Crippen LogP contribution >= 0.6 is 9.24 Å². The van der Waals surface area contributed by atoms with Gasteiger partial charge < -0.3 is 25.3 Å². The number of amides is 1. The number of nitrogens with zero attached hydrogens (tertiary/aromatic N) is 4. The first-order valence-corrected chi connectivity index (χ1v) is 13.6. The molecule has 3 heterocycles. The fourth-order valence-corrected chi connectivity index (χ4v) is 5.15. The van der Waals surface area contributed by atoms with Gasteiger partial charge in [0.25, 0.3) is 0 Å². The molecule has 3 N–H and O–H groups in total. The molecule has 0 aliphatic carbocycles. The molecule has 0 spiro atoms. The Kier molecular flexibility index (Phi) is 10.4. The second-order valence-electron chi connectivity index (χ2n) is 9.91. The topological polar surface area (TPSA) is 78.9 Å². The second kappa shape index (κ2) is 13.0. The van der Waals surface area contributed by atoms with Crippen molar-refractivity contribution >= 4 is 34.3 Å². The van der Waals surface area contributed by atoms with E-state index in [1.807, 2.05) is 10.6 Å². The normalized spacial score (nSPS) is 17.6. The molecule has 36 heavy (non-hydrogen) atoms. The summed E-state index contributed by atoms with van der Waals surface area (Å²) in [6.45, 7) is 12.5. The number of carbonyl (C=O) groups excluding carboxylic acids is 1. The Hall–Kier alpha value is -1.96. The number of nitrogens with one attached hydrogen (secondary N) is 1. The second-order valence-corrected chi connectivity index (χ2v) is 10.7. The summed E-state index contributed by atoms with van der Waals surface area (Å²) in [4.78, 5) is 20.8. The number of nitrogens with two attached hydrogens (primary N) is 1. The van der Waals surface area contributed by atoms with Crippen LogP contribution in [0.3, 0.4) is 0 Å². The lowest BCUT2D eigenvalue weighted by Gasteiger charge is -2.33. The predicted molar refractivity (Wildman–Crippen MR) is 150 cm³/mol. The van der Waals surface area contributed by atoms with Crippen molar-refractivity contribution in [2.45, 2.75) is 63.2 Å². The molecule has 1 aliphatic rings. The average Bonchev–Trinajstić information content (AvgIpc) is 3.28. The Morgan fingerprint density at radius 1 is 1.47 bits per heavy atom. The van der Waals surface area contributed by atoms with Crippen LogP contribution in [-0.4, -0.2) is 78.2 Å². The van der Waals surface area contributed by atoms with E-state index in [1.165, 1.54) is 6.08 Å². The van der Waals surface area contributed by atoms with E-state index in [2.05, 4.69) is 39.9 Å². The van der Waals surface area contributed by atoms with Crippen molar-refractivity contribution < 1.29 is 9.18 Å². The Morgan fingerprint density at radius 3 is 2.81 bits per heavy atom. The maximum atomic E-state index is 14.8. The highest BCUT2D eigenvalue weighted by molar-refractivity contribution is 7.21. The van der Waals surface area contributed by atoms with Crippen molar-refractivity contribution in [2.75, 3.05) is 44.6 Å². The number of alkyl halides is 1. The van der Waals surface area contributed by atoms with E-state index < -0.39 is 5.31 Å². The smallest absolute Gasteiger partial charge is 0.245 e. The fraction of sp³-hybridized carbons (Fsp3) is 0.615. The zero-order valence-electron chi connectivity index (χ0n) is 21.8. The zero-order valence-corrected chi connectivity index (χ0v) is 22.9. The molecule has 10 heteroatoms. The van der Waals surface area contributed by atoms with Crippen LogP contribution in [0.1, 0.15) is 63.1 Å². The van der Waals surface area contributed by atoms with Gasteiger partial charge in [0.1, 0.15) is 13.2 Å². The minimum Gasteiger partial charge on any atom is -0.379 e. The molecule has 1 saturated heterocycles. The summed E-state index contributed by atoms with van der Waals surface area (Å²) in [6.07, 6.45) is 9.97. The standard InChI is InChI=1S/C26H41BFN6OP/c1-4-7-19(3)23-17-30-25-22(16-20(18-34(23)25)26(27,28)36)31-21-8-13-32(14-9-21)11-6-12-33(15-10-29)24(35)5-2/h5,16-19,21,31H,2,4,6-15,29,36H2,1,3H3. The number of halogens is 1. The van der Waals surface area contributed by atoms with Crippen LogP contribution in [0.25, 0.3) is 5.65 Å². The maximum absolute atomic E-state index is 14.8. The number of imidazole rings is 1. The van der Waals surface area contributed by atoms with Gasteiger partial charge in [0, 0.05) is 62.4 Å². The lowest BCUT2D eigenvalue weighted by Crippen LogP contribution is -2.41. The van der Waals surface area contributed by atoms with Crippen molar-refractivity contribution in [3.63, 3.8) is 0 Å². The number of carbonyl (C=O) groups is 1. The number of hydrogen-bond donors (Lipinski definition) is 2. The van der Waals surface area contributed by atoms with Gasteiger partial charge in [0.2, 0.25) is 5.91 Å². The molecule has 3 rings (SSSR count). The number of likely N-dealkylation sites (tertiary alicyclic amines) is 1. The lowest BCUT2D eigenvalue weighted by atomic mass is 9.93. The van der Waals surface area contributed by atoms with E-state index in [9.17, 15) is 9.18 Å². The number of aromatic nitrogens is 2. The Bertz CT molecular complexity index is 1020. The first-order chi connectivity index (χ1) is 17.2. The first kappa shape index (κ1) is 28.6. The summed E-state index contributed by atoms with van der Waals surface area (Å²) in [6, 6.07) is 2.06. The molecule has 2 aromatic heterocycles. The minimum atomic E-state index is -2.02. The Balaban J connectivity index is 1.64. The van der Waals surface area contributed by atoms with Gasteiger partial charge in [0.05, 0.1) is 5.69 Å². The number of anilines is 1. The van der Waals surface area contributed by atoms with E-state index in [0.717, 1.165) is 68.8 Å². The SMILES string of the molecule is [B]C(F)(P)c1cc(NC2CCN(CCCN(CCN)C(=O)C=C)CC2)c2ncc(C(C)CCC)n2c1. The van der Waals surface area contributed by atoms with Crippen LogP contribution < -0.4 is 11.1 Å². The predicted octanol–water partition coefficient (Wildman–Crippen LogP) is 3.60. The van der Waals surface area contributed by atoms with Gasteiger partial charge in [-0.25, -0.2) is 9.37 Å². The number of pyridine rings is 1. The summed E-state index contributed by atoms with van der Waals surface area (Å²) in [5.74, 6) is 0.249. The minimum absolute atomic E-state index is 0.0663. The van der Waals surface area contributed by atoms with Gasteiger partial charge in [-0.05, 0) is 50.3 Å². The van der Waals surface area contributed by atoms with Crippen LogP contribution in [-0.2, 0) is 10.1 Å². The maximum Gasteiger partial charge on any atom is 0.245 e. The van der Waals surface area contributed by atoms with E-state index >= 15 is 0 Å². The molecule has 1 aliphatic heterocycles. The first-order valence-electron chi connectivity index (χ1n) is 13.1. The van der Waals surface area contributed by atoms with Crippen molar-refractivity contribution in [1.82, 2.24) is 19.2 Å². The van der Waals surface area contributed by atoms with Gasteiger partial charge >= 0.3 is 0 Å². The fourth-order valence-electron chi connectivity index (χ4n) is 4.99. The van der Waals surface area contributed by atoms with Crippen molar-refractivity contribution in [3.05, 3.63) is 42.4 Å². The molecular weight excluding hydrogens is 473 g/mol. The molecule has 0 aromatic carbocycles.